The number of H-pyrrole nitrogens is 1. The zero-order valence-electron chi connectivity index (χ0n) is 11.9. The molecule has 7 heteroatoms. The SMILES string of the molecule is O=C(Nc1ccnc2ccnn12)c1cc2ccccc2c(=O)[nH]1. The minimum absolute atomic E-state index is 0.186. The molecule has 112 valence electrons. The molecule has 23 heavy (non-hydrogen) atoms. The van der Waals surface area contributed by atoms with Gasteiger partial charge >= 0.3 is 0 Å². The summed E-state index contributed by atoms with van der Waals surface area (Å²) in [6, 6.07) is 12.1. The molecule has 0 aliphatic carbocycles. The van der Waals surface area contributed by atoms with Crippen molar-refractivity contribution in [2.24, 2.45) is 0 Å². The van der Waals surface area contributed by atoms with Crippen LogP contribution in [0.15, 0.2) is 59.7 Å². The second-order valence-electron chi connectivity index (χ2n) is 4.98. The molecule has 0 aliphatic rings. The zero-order chi connectivity index (χ0) is 15.8. The number of hydrogen-bond donors (Lipinski definition) is 2. The van der Waals surface area contributed by atoms with E-state index < -0.39 is 5.91 Å². The molecule has 0 fully saturated rings. The highest BCUT2D eigenvalue weighted by Gasteiger charge is 2.11. The lowest BCUT2D eigenvalue weighted by Gasteiger charge is -2.07. The van der Waals surface area contributed by atoms with Gasteiger partial charge in [0.2, 0.25) is 0 Å². The number of carbonyl (C=O) groups is 1. The highest BCUT2D eigenvalue weighted by molar-refractivity contribution is 6.04. The van der Waals surface area contributed by atoms with E-state index in [0.29, 0.717) is 22.2 Å². The van der Waals surface area contributed by atoms with Gasteiger partial charge in [-0.15, -0.1) is 0 Å². The zero-order valence-corrected chi connectivity index (χ0v) is 11.9. The summed E-state index contributed by atoms with van der Waals surface area (Å²) in [5, 5.41) is 8.08. The molecule has 1 aromatic carbocycles. The van der Waals surface area contributed by atoms with Gasteiger partial charge in [-0.1, -0.05) is 18.2 Å². The van der Waals surface area contributed by atoms with E-state index >= 15 is 0 Å². The molecule has 4 aromatic rings. The Hall–Kier alpha value is -3.48. The summed E-state index contributed by atoms with van der Waals surface area (Å²) < 4.78 is 1.51. The van der Waals surface area contributed by atoms with Crippen LogP contribution in [0.2, 0.25) is 0 Å². The Morgan fingerprint density at radius 1 is 1.13 bits per heavy atom. The fraction of sp³-hybridized carbons (Fsp3) is 0. The van der Waals surface area contributed by atoms with Gasteiger partial charge in [-0.3, -0.25) is 9.59 Å². The fourth-order valence-corrected chi connectivity index (χ4v) is 2.45. The van der Waals surface area contributed by atoms with Crippen molar-refractivity contribution in [1.82, 2.24) is 19.6 Å². The summed E-state index contributed by atoms with van der Waals surface area (Å²) >= 11 is 0. The number of fused-ring (bicyclic) bond motifs is 2. The van der Waals surface area contributed by atoms with Crippen LogP contribution >= 0.6 is 0 Å². The Balaban J connectivity index is 1.75. The van der Waals surface area contributed by atoms with Gasteiger partial charge in [0.05, 0.1) is 6.20 Å². The van der Waals surface area contributed by atoms with Crippen LogP contribution in [0, 0.1) is 0 Å². The normalized spacial score (nSPS) is 11.0. The number of rotatable bonds is 2. The van der Waals surface area contributed by atoms with Gasteiger partial charge in [-0.25, -0.2) is 4.98 Å². The van der Waals surface area contributed by atoms with Gasteiger partial charge in [0.25, 0.3) is 11.5 Å². The largest absolute Gasteiger partial charge is 0.317 e. The minimum Gasteiger partial charge on any atom is -0.317 e. The molecule has 7 nitrogen and oxygen atoms in total. The molecule has 0 atom stereocenters. The third-order valence-corrected chi connectivity index (χ3v) is 3.53. The topological polar surface area (TPSA) is 92.2 Å². The number of benzene rings is 1. The summed E-state index contributed by atoms with van der Waals surface area (Å²) in [6.45, 7) is 0. The number of aromatic amines is 1. The predicted octanol–water partition coefficient (Wildman–Crippen LogP) is 1.82. The lowest BCUT2D eigenvalue weighted by molar-refractivity contribution is 0.102. The summed E-state index contributed by atoms with van der Waals surface area (Å²) in [5.74, 6) is 0.0508. The molecule has 0 unspecified atom stereocenters. The van der Waals surface area contributed by atoms with E-state index in [9.17, 15) is 9.59 Å². The molecule has 0 spiro atoms. The van der Waals surface area contributed by atoms with Crippen LogP contribution in [0.4, 0.5) is 5.82 Å². The van der Waals surface area contributed by atoms with Gasteiger partial charge < -0.3 is 10.3 Å². The maximum absolute atomic E-state index is 12.4. The van der Waals surface area contributed by atoms with E-state index in [4.69, 9.17) is 0 Å². The number of nitrogens with zero attached hydrogens (tertiary/aromatic N) is 3. The molecule has 2 N–H and O–H groups in total. The molecule has 0 bridgehead atoms. The predicted molar refractivity (Wildman–Crippen MR) is 85.5 cm³/mol. The van der Waals surface area contributed by atoms with Crippen molar-refractivity contribution < 1.29 is 4.79 Å². The van der Waals surface area contributed by atoms with Gasteiger partial charge in [0.15, 0.2) is 5.65 Å². The van der Waals surface area contributed by atoms with Crippen LogP contribution < -0.4 is 10.9 Å². The van der Waals surface area contributed by atoms with Crippen LogP contribution in [0.3, 0.4) is 0 Å². The first-order chi connectivity index (χ1) is 11.2. The third-order valence-electron chi connectivity index (χ3n) is 3.53. The fourth-order valence-electron chi connectivity index (χ4n) is 2.45. The van der Waals surface area contributed by atoms with Crippen LogP contribution in [0.25, 0.3) is 16.4 Å². The van der Waals surface area contributed by atoms with E-state index in [1.165, 1.54) is 4.52 Å². The second-order valence-corrected chi connectivity index (χ2v) is 4.98. The molecule has 0 radical (unpaired) electrons. The first kappa shape index (κ1) is 13.2. The maximum atomic E-state index is 12.4. The smallest absolute Gasteiger partial charge is 0.273 e. The Bertz CT molecular complexity index is 1100. The third kappa shape index (κ3) is 2.24. The van der Waals surface area contributed by atoms with Crippen LogP contribution in [-0.2, 0) is 0 Å². The van der Waals surface area contributed by atoms with E-state index in [1.54, 1.807) is 48.8 Å². The van der Waals surface area contributed by atoms with E-state index in [2.05, 4.69) is 20.4 Å². The van der Waals surface area contributed by atoms with Crippen molar-refractivity contribution >= 4 is 28.1 Å². The lowest BCUT2D eigenvalue weighted by atomic mass is 10.1. The van der Waals surface area contributed by atoms with Gasteiger partial charge in [-0.2, -0.15) is 9.61 Å². The molecule has 1 amide bonds. The number of amides is 1. The van der Waals surface area contributed by atoms with Crippen LogP contribution in [0.1, 0.15) is 10.5 Å². The van der Waals surface area contributed by atoms with Gasteiger partial charge in [0, 0.05) is 17.6 Å². The quantitative estimate of drug-likeness (QED) is 0.591. The molecule has 0 saturated carbocycles. The maximum Gasteiger partial charge on any atom is 0.273 e. The van der Waals surface area contributed by atoms with Gasteiger partial charge in [0.1, 0.15) is 11.5 Å². The van der Waals surface area contributed by atoms with Crippen molar-refractivity contribution in [3.63, 3.8) is 0 Å². The molecule has 0 aliphatic heterocycles. The van der Waals surface area contributed by atoms with E-state index in [1.807, 2.05) is 6.07 Å². The Morgan fingerprint density at radius 2 is 2.00 bits per heavy atom. The monoisotopic (exact) mass is 305 g/mol. The average molecular weight is 305 g/mol. The molecule has 0 saturated heterocycles. The molecular formula is C16H11N5O2. The lowest BCUT2D eigenvalue weighted by Crippen LogP contribution is -2.20. The molecular weight excluding hydrogens is 294 g/mol. The van der Waals surface area contributed by atoms with Crippen molar-refractivity contribution in [2.45, 2.75) is 0 Å². The summed E-state index contributed by atoms with van der Waals surface area (Å²) in [6.07, 6.45) is 3.17. The number of nitrogens with one attached hydrogen (secondary N) is 2. The van der Waals surface area contributed by atoms with Gasteiger partial charge in [-0.05, 0) is 23.6 Å². The number of hydrogen-bond acceptors (Lipinski definition) is 4. The second kappa shape index (κ2) is 5.06. The van der Waals surface area contributed by atoms with Crippen LogP contribution in [-0.4, -0.2) is 25.5 Å². The summed E-state index contributed by atoms with van der Waals surface area (Å²) in [7, 11) is 0. The first-order valence-corrected chi connectivity index (χ1v) is 6.94. The number of aromatic nitrogens is 4. The number of pyridine rings is 1. The van der Waals surface area contributed by atoms with Crippen molar-refractivity contribution in [1.29, 1.82) is 0 Å². The molecule has 3 heterocycles. The van der Waals surface area contributed by atoms with Crippen molar-refractivity contribution in [2.75, 3.05) is 5.32 Å². The Labute approximate surface area is 129 Å². The first-order valence-electron chi connectivity index (χ1n) is 6.94. The number of anilines is 1. The minimum atomic E-state index is -0.421. The number of carbonyl (C=O) groups excluding carboxylic acids is 1. The van der Waals surface area contributed by atoms with E-state index in [-0.39, 0.29) is 11.3 Å². The Kier molecular flexibility index (Phi) is 2.90. The molecule has 4 rings (SSSR count). The standard InChI is InChI=1S/C16H11N5O2/c22-15-11-4-2-1-3-10(11)9-12(19-15)16(23)20-14-5-7-17-13-6-8-18-21(13)14/h1-9H,(H,19,22)(H,20,23). The van der Waals surface area contributed by atoms with Crippen LogP contribution in [0.5, 0.6) is 0 Å². The van der Waals surface area contributed by atoms with Crippen molar-refractivity contribution in [3.8, 4) is 0 Å². The summed E-state index contributed by atoms with van der Waals surface area (Å²) in [4.78, 5) is 31.2. The highest BCUT2D eigenvalue weighted by atomic mass is 16.2. The molecule has 3 aromatic heterocycles. The Morgan fingerprint density at radius 3 is 2.91 bits per heavy atom. The van der Waals surface area contributed by atoms with Crippen molar-refractivity contribution in [3.05, 3.63) is 70.9 Å². The van der Waals surface area contributed by atoms with E-state index in [0.717, 1.165) is 0 Å². The summed E-state index contributed by atoms with van der Waals surface area (Å²) in [5.41, 5.74) is 0.507. The average Bonchev–Trinajstić information content (AvgIpc) is 3.04. The highest BCUT2D eigenvalue weighted by Crippen LogP contribution is 2.13.